The molecule has 0 aliphatic rings. The number of rotatable bonds is 4. The average Bonchev–Trinajstić information content (AvgIpc) is 2.15. The van der Waals surface area contributed by atoms with E-state index in [0.29, 0.717) is 5.92 Å². The van der Waals surface area contributed by atoms with Crippen molar-refractivity contribution in [2.45, 2.75) is 32.7 Å². The molecule has 0 bridgehead atoms. The third kappa shape index (κ3) is 3.32. The highest BCUT2D eigenvalue weighted by Crippen LogP contribution is 2.25. The first-order valence-electron chi connectivity index (χ1n) is 5.11. The van der Waals surface area contributed by atoms with E-state index in [2.05, 4.69) is 13.8 Å². The number of hydrogen-bond donors (Lipinski definition) is 1. The molecule has 0 aromatic heterocycles. The average molecular weight is 212 g/mol. The molecule has 0 fully saturated rings. The highest BCUT2D eigenvalue weighted by atomic mass is 35.5. The molecule has 0 spiro atoms. The Balaban J connectivity index is 2.60. The Labute approximate surface area is 91.3 Å². The van der Waals surface area contributed by atoms with Gasteiger partial charge in [-0.05, 0) is 30.4 Å². The minimum Gasteiger partial charge on any atom is -0.324 e. The van der Waals surface area contributed by atoms with Crippen molar-refractivity contribution in [3.63, 3.8) is 0 Å². The predicted molar refractivity (Wildman–Crippen MR) is 62.5 cm³/mol. The molecule has 2 N–H and O–H groups in total. The van der Waals surface area contributed by atoms with Crippen molar-refractivity contribution in [1.29, 1.82) is 0 Å². The first-order chi connectivity index (χ1) is 6.61. The van der Waals surface area contributed by atoms with Crippen LogP contribution in [0.25, 0.3) is 0 Å². The standard InChI is InChI=1S/C12H18ClN/c1-9(2)7-8-12(14)10-5-3-4-6-11(10)13/h3-6,9,12H,7-8,14H2,1-2H3/t12-/m1/s1. The lowest BCUT2D eigenvalue weighted by Crippen LogP contribution is -2.11. The van der Waals surface area contributed by atoms with Gasteiger partial charge in [-0.2, -0.15) is 0 Å². The van der Waals surface area contributed by atoms with Crippen molar-refractivity contribution in [2.75, 3.05) is 0 Å². The summed E-state index contributed by atoms with van der Waals surface area (Å²) in [5.74, 6) is 0.698. The Morgan fingerprint density at radius 1 is 1.21 bits per heavy atom. The maximum atomic E-state index is 6.06. The molecule has 0 aliphatic heterocycles. The van der Waals surface area contributed by atoms with Crippen LogP contribution >= 0.6 is 11.6 Å². The second-order valence-electron chi connectivity index (χ2n) is 4.10. The van der Waals surface area contributed by atoms with Crippen LogP contribution in [-0.2, 0) is 0 Å². The van der Waals surface area contributed by atoms with Crippen LogP contribution in [0.1, 0.15) is 38.3 Å². The van der Waals surface area contributed by atoms with E-state index in [1.807, 2.05) is 24.3 Å². The van der Waals surface area contributed by atoms with Crippen LogP contribution in [0.15, 0.2) is 24.3 Å². The van der Waals surface area contributed by atoms with Crippen molar-refractivity contribution < 1.29 is 0 Å². The third-order valence-corrected chi connectivity index (χ3v) is 2.70. The summed E-state index contributed by atoms with van der Waals surface area (Å²) in [5, 5.41) is 0.781. The van der Waals surface area contributed by atoms with E-state index in [1.54, 1.807) is 0 Å². The van der Waals surface area contributed by atoms with E-state index in [9.17, 15) is 0 Å². The molecule has 0 unspecified atom stereocenters. The molecule has 1 rings (SSSR count). The van der Waals surface area contributed by atoms with Crippen molar-refractivity contribution in [1.82, 2.24) is 0 Å². The fourth-order valence-electron chi connectivity index (χ4n) is 1.44. The van der Waals surface area contributed by atoms with Crippen LogP contribution in [0.3, 0.4) is 0 Å². The number of halogens is 1. The summed E-state index contributed by atoms with van der Waals surface area (Å²) >= 11 is 6.05. The summed E-state index contributed by atoms with van der Waals surface area (Å²) in [7, 11) is 0. The van der Waals surface area contributed by atoms with Crippen LogP contribution in [0.2, 0.25) is 5.02 Å². The van der Waals surface area contributed by atoms with Gasteiger partial charge >= 0.3 is 0 Å². The fraction of sp³-hybridized carbons (Fsp3) is 0.500. The van der Waals surface area contributed by atoms with E-state index in [-0.39, 0.29) is 6.04 Å². The quantitative estimate of drug-likeness (QED) is 0.806. The monoisotopic (exact) mass is 211 g/mol. The lowest BCUT2D eigenvalue weighted by Gasteiger charge is -2.14. The number of nitrogens with two attached hydrogens (primary N) is 1. The van der Waals surface area contributed by atoms with E-state index >= 15 is 0 Å². The van der Waals surface area contributed by atoms with Crippen LogP contribution in [0.5, 0.6) is 0 Å². The van der Waals surface area contributed by atoms with E-state index in [0.717, 1.165) is 23.4 Å². The van der Waals surface area contributed by atoms with E-state index < -0.39 is 0 Å². The Kier molecular flexibility index (Phi) is 4.43. The number of hydrogen-bond acceptors (Lipinski definition) is 1. The van der Waals surface area contributed by atoms with Crippen molar-refractivity contribution in [2.24, 2.45) is 11.7 Å². The van der Waals surface area contributed by atoms with Gasteiger partial charge in [0.1, 0.15) is 0 Å². The molecule has 14 heavy (non-hydrogen) atoms. The highest BCUT2D eigenvalue weighted by molar-refractivity contribution is 6.31. The van der Waals surface area contributed by atoms with Gasteiger partial charge in [0.05, 0.1) is 0 Å². The molecule has 78 valence electrons. The van der Waals surface area contributed by atoms with Gasteiger partial charge in [0, 0.05) is 11.1 Å². The molecule has 0 amide bonds. The van der Waals surface area contributed by atoms with Gasteiger partial charge in [-0.1, -0.05) is 43.6 Å². The first-order valence-corrected chi connectivity index (χ1v) is 5.49. The zero-order valence-electron chi connectivity index (χ0n) is 8.83. The Hall–Kier alpha value is -0.530. The highest BCUT2D eigenvalue weighted by Gasteiger charge is 2.09. The van der Waals surface area contributed by atoms with Crippen molar-refractivity contribution in [3.05, 3.63) is 34.9 Å². The molecule has 1 aromatic rings. The summed E-state index contributed by atoms with van der Waals surface area (Å²) in [6.07, 6.45) is 2.15. The molecular weight excluding hydrogens is 194 g/mol. The maximum absolute atomic E-state index is 6.06. The van der Waals surface area contributed by atoms with Crippen LogP contribution in [0.4, 0.5) is 0 Å². The second-order valence-corrected chi connectivity index (χ2v) is 4.51. The van der Waals surface area contributed by atoms with E-state index in [4.69, 9.17) is 17.3 Å². The minimum atomic E-state index is 0.0751. The lowest BCUT2D eigenvalue weighted by atomic mass is 9.98. The molecule has 0 saturated heterocycles. The maximum Gasteiger partial charge on any atom is 0.0453 e. The van der Waals surface area contributed by atoms with Gasteiger partial charge in [0.2, 0.25) is 0 Å². The minimum absolute atomic E-state index is 0.0751. The molecule has 0 saturated carbocycles. The van der Waals surface area contributed by atoms with Crippen LogP contribution in [-0.4, -0.2) is 0 Å². The molecule has 1 aromatic carbocycles. The van der Waals surface area contributed by atoms with Gasteiger partial charge in [-0.15, -0.1) is 0 Å². The van der Waals surface area contributed by atoms with Crippen molar-refractivity contribution in [3.8, 4) is 0 Å². The normalized spacial score (nSPS) is 13.2. The van der Waals surface area contributed by atoms with Gasteiger partial charge in [0.25, 0.3) is 0 Å². The Bertz CT molecular complexity index is 283. The smallest absolute Gasteiger partial charge is 0.0453 e. The SMILES string of the molecule is CC(C)CC[C@@H](N)c1ccccc1Cl. The largest absolute Gasteiger partial charge is 0.324 e. The first kappa shape index (κ1) is 11.5. The van der Waals surface area contributed by atoms with Crippen LogP contribution in [0, 0.1) is 5.92 Å². The predicted octanol–water partition coefficient (Wildman–Crippen LogP) is 3.78. The molecule has 0 radical (unpaired) electrons. The molecular formula is C12H18ClN. The summed E-state index contributed by atoms with van der Waals surface area (Å²) in [5.41, 5.74) is 7.12. The molecule has 1 nitrogen and oxygen atoms in total. The fourth-order valence-corrected chi connectivity index (χ4v) is 1.72. The summed E-state index contributed by atoms with van der Waals surface area (Å²) < 4.78 is 0. The van der Waals surface area contributed by atoms with E-state index in [1.165, 1.54) is 0 Å². The van der Waals surface area contributed by atoms with Gasteiger partial charge in [0.15, 0.2) is 0 Å². The summed E-state index contributed by atoms with van der Waals surface area (Å²) in [4.78, 5) is 0. The zero-order chi connectivity index (χ0) is 10.6. The van der Waals surface area contributed by atoms with Crippen LogP contribution < -0.4 is 5.73 Å². The molecule has 0 aliphatic carbocycles. The topological polar surface area (TPSA) is 26.0 Å². The molecule has 0 heterocycles. The van der Waals surface area contributed by atoms with Gasteiger partial charge in [-0.25, -0.2) is 0 Å². The molecule has 2 heteroatoms. The summed E-state index contributed by atoms with van der Waals surface area (Å²) in [6.45, 7) is 4.42. The Morgan fingerprint density at radius 3 is 2.43 bits per heavy atom. The van der Waals surface area contributed by atoms with Gasteiger partial charge in [-0.3, -0.25) is 0 Å². The zero-order valence-corrected chi connectivity index (χ0v) is 9.59. The Morgan fingerprint density at radius 2 is 1.86 bits per heavy atom. The number of benzene rings is 1. The van der Waals surface area contributed by atoms with Crippen molar-refractivity contribution >= 4 is 11.6 Å². The third-order valence-electron chi connectivity index (χ3n) is 2.36. The lowest BCUT2D eigenvalue weighted by molar-refractivity contribution is 0.507. The van der Waals surface area contributed by atoms with Gasteiger partial charge < -0.3 is 5.73 Å². The summed E-state index contributed by atoms with van der Waals surface area (Å²) in [6, 6.07) is 7.89. The second kappa shape index (κ2) is 5.38. The molecule has 1 atom stereocenters.